The summed E-state index contributed by atoms with van der Waals surface area (Å²) in [6, 6.07) is 12.4. The number of rotatable bonds is 4. The zero-order valence-electron chi connectivity index (χ0n) is 12.8. The van der Waals surface area contributed by atoms with Crippen molar-refractivity contribution < 1.29 is 13.2 Å². The number of thioether (sulfide) groups is 1. The second kappa shape index (κ2) is 7.37. The van der Waals surface area contributed by atoms with Crippen LogP contribution in [0, 0.1) is 0 Å². The van der Waals surface area contributed by atoms with Crippen molar-refractivity contribution in [2.24, 2.45) is 0 Å². The van der Waals surface area contributed by atoms with Crippen LogP contribution in [0.5, 0.6) is 5.75 Å². The monoisotopic (exact) mass is 491 g/mol. The largest absolute Gasteiger partial charge is 0.496 e. The number of benzene rings is 2. The maximum Gasteiger partial charge on any atom is 0.244 e. The highest BCUT2D eigenvalue weighted by Gasteiger charge is 2.38. The third kappa shape index (κ3) is 3.53. The first-order chi connectivity index (χ1) is 11.4. The van der Waals surface area contributed by atoms with Crippen LogP contribution < -0.4 is 4.74 Å². The fourth-order valence-electron chi connectivity index (χ4n) is 2.59. The molecule has 2 aromatic rings. The predicted octanol–water partition coefficient (Wildman–Crippen LogP) is 4.66. The Morgan fingerprint density at radius 3 is 2.46 bits per heavy atom. The van der Waals surface area contributed by atoms with Gasteiger partial charge in [-0.15, -0.1) is 11.8 Å². The highest BCUT2D eigenvalue weighted by atomic mass is 79.9. The minimum Gasteiger partial charge on any atom is -0.496 e. The summed E-state index contributed by atoms with van der Waals surface area (Å²) in [7, 11) is -1.97. The van der Waals surface area contributed by atoms with Gasteiger partial charge in [0, 0.05) is 26.8 Å². The second-order valence-electron chi connectivity index (χ2n) is 5.18. The van der Waals surface area contributed by atoms with Crippen LogP contribution in [0.25, 0.3) is 0 Å². The van der Waals surface area contributed by atoms with Crippen molar-refractivity contribution in [1.82, 2.24) is 4.31 Å². The van der Waals surface area contributed by atoms with E-state index in [2.05, 4.69) is 31.9 Å². The van der Waals surface area contributed by atoms with Crippen molar-refractivity contribution in [3.63, 3.8) is 0 Å². The summed E-state index contributed by atoms with van der Waals surface area (Å²) in [6.07, 6.45) is 0. The van der Waals surface area contributed by atoms with Crippen LogP contribution in [0.15, 0.2) is 56.3 Å². The van der Waals surface area contributed by atoms with Crippen LogP contribution in [-0.4, -0.2) is 32.1 Å². The zero-order chi connectivity index (χ0) is 17.3. The number of halogens is 2. The molecule has 4 nitrogen and oxygen atoms in total. The summed E-state index contributed by atoms with van der Waals surface area (Å²) in [6.45, 7) is 0.476. The first-order valence-corrected chi connectivity index (χ1v) is 11.2. The van der Waals surface area contributed by atoms with Crippen LogP contribution in [0.3, 0.4) is 0 Å². The highest BCUT2D eigenvalue weighted by Crippen LogP contribution is 2.45. The van der Waals surface area contributed by atoms with Crippen LogP contribution in [0.2, 0.25) is 0 Å². The van der Waals surface area contributed by atoms with Crippen molar-refractivity contribution in [3.8, 4) is 5.75 Å². The van der Waals surface area contributed by atoms with Crippen LogP contribution in [0.1, 0.15) is 10.9 Å². The van der Waals surface area contributed by atoms with Crippen LogP contribution >= 0.6 is 43.6 Å². The molecule has 0 saturated carbocycles. The topological polar surface area (TPSA) is 46.6 Å². The summed E-state index contributed by atoms with van der Waals surface area (Å²) < 4.78 is 34.8. The summed E-state index contributed by atoms with van der Waals surface area (Å²) in [4.78, 5) is 0.298. The van der Waals surface area contributed by atoms with Crippen LogP contribution in [-0.2, 0) is 10.0 Å². The Kier molecular flexibility index (Phi) is 5.61. The molecule has 0 amide bonds. The molecule has 1 fully saturated rings. The van der Waals surface area contributed by atoms with E-state index in [1.54, 1.807) is 47.4 Å². The van der Waals surface area contributed by atoms with E-state index in [1.165, 1.54) is 0 Å². The molecule has 1 atom stereocenters. The van der Waals surface area contributed by atoms with Gasteiger partial charge in [-0.2, -0.15) is 4.31 Å². The van der Waals surface area contributed by atoms with Crippen molar-refractivity contribution in [2.45, 2.75) is 10.3 Å². The lowest BCUT2D eigenvalue weighted by Gasteiger charge is -2.25. The van der Waals surface area contributed by atoms with Gasteiger partial charge < -0.3 is 4.74 Å². The number of sulfonamides is 1. The van der Waals surface area contributed by atoms with Gasteiger partial charge >= 0.3 is 0 Å². The lowest BCUT2D eigenvalue weighted by Crippen LogP contribution is -2.30. The highest BCUT2D eigenvalue weighted by molar-refractivity contribution is 9.10. The molecule has 0 N–H and O–H groups in total. The van der Waals surface area contributed by atoms with Crippen molar-refractivity contribution in [3.05, 3.63) is 57.0 Å². The average Bonchev–Trinajstić information content (AvgIpc) is 3.05. The molecule has 1 unspecified atom stereocenters. The molecule has 2 aromatic carbocycles. The van der Waals surface area contributed by atoms with Gasteiger partial charge in [-0.05, 0) is 42.5 Å². The third-order valence-electron chi connectivity index (χ3n) is 3.73. The number of hydrogen-bond acceptors (Lipinski definition) is 4. The van der Waals surface area contributed by atoms with Gasteiger partial charge in [0.2, 0.25) is 10.0 Å². The Bertz CT molecular complexity index is 841. The number of methoxy groups -OCH3 is 1. The number of nitrogens with zero attached hydrogens (tertiary/aromatic N) is 1. The second-order valence-corrected chi connectivity index (χ2v) is 10.1. The lowest BCUT2D eigenvalue weighted by atomic mass is 10.2. The Balaban J connectivity index is 2.02. The van der Waals surface area contributed by atoms with Gasteiger partial charge in [0.1, 0.15) is 5.75 Å². The molecular formula is C16H15Br2NO3S2. The number of ether oxygens (including phenoxy) is 1. The smallest absolute Gasteiger partial charge is 0.244 e. The van der Waals surface area contributed by atoms with E-state index >= 15 is 0 Å². The minimum atomic E-state index is -3.57. The standard InChI is InChI=1S/C16H15Br2NO3S2/c1-22-15-7-4-12(18)10-14(15)16-19(8-9-23-16)24(20,21)13-5-2-11(17)3-6-13/h2-7,10,16H,8-9H2,1H3. The molecule has 1 aliphatic heterocycles. The maximum atomic E-state index is 13.1. The SMILES string of the molecule is COc1ccc(Br)cc1C1SCCN1S(=O)(=O)c1ccc(Br)cc1. The van der Waals surface area contributed by atoms with Gasteiger partial charge in [-0.1, -0.05) is 31.9 Å². The first kappa shape index (κ1) is 18.3. The molecule has 0 radical (unpaired) electrons. The number of hydrogen-bond donors (Lipinski definition) is 0. The van der Waals surface area contributed by atoms with Crippen molar-refractivity contribution >= 4 is 53.6 Å². The molecule has 3 rings (SSSR count). The van der Waals surface area contributed by atoms with Gasteiger partial charge in [0.15, 0.2) is 0 Å². The van der Waals surface area contributed by atoms with Gasteiger partial charge in [0.25, 0.3) is 0 Å². The minimum absolute atomic E-state index is 0.298. The quantitative estimate of drug-likeness (QED) is 0.622. The molecule has 1 heterocycles. The van der Waals surface area contributed by atoms with E-state index in [9.17, 15) is 8.42 Å². The molecule has 1 aliphatic rings. The zero-order valence-corrected chi connectivity index (χ0v) is 17.6. The van der Waals surface area contributed by atoms with E-state index in [0.717, 1.165) is 20.3 Å². The summed E-state index contributed by atoms with van der Waals surface area (Å²) in [5.41, 5.74) is 0.857. The summed E-state index contributed by atoms with van der Waals surface area (Å²) in [5, 5.41) is -0.300. The normalized spacial score (nSPS) is 18.7. The van der Waals surface area contributed by atoms with E-state index in [-0.39, 0.29) is 5.37 Å². The Labute approximate surface area is 162 Å². The van der Waals surface area contributed by atoms with Crippen molar-refractivity contribution in [2.75, 3.05) is 19.4 Å². The Hall–Kier alpha value is -0.540. The molecule has 0 spiro atoms. The third-order valence-corrected chi connectivity index (χ3v) is 8.00. The molecule has 0 aromatic heterocycles. The fraction of sp³-hybridized carbons (Fsp3) is 0.250. The molecule has 0 aliphatic carbocycles. The average molecular weight is 493 g/mol. The van der Waals surface area contributed by atoms with E-state index < -0.39 is 10.0 Å². The van der Waals surface area contributed by atoms with E-state index in [0.29, 0.717) is 17.2 Å². The van der Waals surface area contributed by atoms with E-state index in [4.69, 9.17) is 4.74 Å². The Morgan fingerprint density at radius 1 is 1.12 bits per heavy atom. The molecule has 1 saturated heterocycles. The maximum absolute atomic E-state index is 13.1. The molecule has 8 heteroatoms. The summed E-state index contributed by atoms with van der Waals surface area (Å²) >= 11 is 8.40. The van der Waals surface area contributed by atoms with E-state index in [1.807, 2.05) is 18.2 Å². The molecule has 128 valence electrons. The first-order valence-electron chi connectivity index (χ1n) is 7.16. The molecule has 24 heavy (non-hydrogen) atoms. The summed E-state index contributed by atoms with van der Waals surface area (Å²) in [5.74, 6) is 1.43. The van der Waals surface area contributed by atoms with Gasteiger partial charge in [0.05, 0.1) is 17.4 Å². The van der Waals surface area contributed by atoms with Gasteiger partial charge in [-0.25, -0.2) is 8.42 Å². The lowest BCUT2D eigenvalue weighted by molar-refractivity contribution is 0.390. The predicted molar refractivity (Wildman–Crippen MR) is 104 cm³/mol. The van der Waals surface area contributed by atoms with Gasteiger partial charge in [-0.3, -0.25) is 0 Å². The fourth-order valence-corrected chi connectivity index (χ4v) is 6.48. The molecular weight excluding hydrogens is 478 g/mol. The Morgan fingerprint density at radius 2 is 1.79 bits per heavy atom. The van der Waals surface area contributed by atoms with Crippen molar-refractivity contribution in [1.29, 1.82) is 0 Å². The molecule has 0 bridgehead atoms. The van der Waals surface area contributed by atoms with Crippen LogP contribution in [0.4, 0.5) is 0 Å².